The summed E-state index contributed by atoms with van der Waals surface area (Å²) in [4.78, 5) is 6.43. The van der Waals surface area contributed by atoms with E-state index in [0.717, 1.165) is 24.5 Å². The zero-order valence-corrected chi connectivity index (χ0v) is 11.0. The summed E-state index contributed by atoms with van der Waals surface area (Å²) in [7, 11) is 0. The molecule has 0 aromatic carbocycles. The summed E-state index contributed by atoms with van der Waals surface area (Å²) in [5, 5.41) is 7.42. The van der Waals surface area contributed by atoms with Gasteiger partial charge in [0.2, 0.25) is 0 Å². The van der Waals surface area contributed by atoms with Crippen molar-refractivity contribution in [3.63, 3.8) is 0 Å². The lowest BCUT2D eigenvalue weighted by atomic mass is 10.1. The zero-order valence-electron chi connectivity index (χ0n) is 10.2. The Bertz CT molecular complexity index is 430. The molecule has 2 heterocycles. The van der Waals surface area contributed by atoms with Crippen LogP contribution in [0.4, 0.5) is 5.69 Å². The van der Waals surface area contributed by atoms with Crippen molar-refractivity contribution in [2.24, 2.45) is 5.73 Å². The predicted molar refractivity (Wildman–Crippen MR) is 74.0 cm³/mol. The summed E-state index contributed by atoms with van der Waals surface area (Å²) in [6.45, 7) is 6.57. The Morgan fingerprint density at radius 3 is 3.00 bits per heavy atom. The highest BCUT2D eigenvalue weighted by Crippen LogP contribution is 2.32. The molecule has 1 aromatic rings. The lowest BCUT2D eigenvalue weighted by Crippen LogP contribution is -2.43. The lowest BCUT2D eigenvalue weighted by Gasteiger charge is -2.39. The quantitative estimate of drug-likeness (QED) is 0.619. The van der Waals surface area contributed by atoms with Crippen LogP contribution in [0.1, 0.15) is 19.5 Å². The first-order chi connectivity index (χ1) is 7.98. The zero-order chi connectivity index (χ0) is 12.5. The minimum atomic E-state index is 0.0255. The van der Waals surface area contributed by atoms with Crippen LogP contribution >= 0.6 is 11.8 Å². The van der Waals surface area contributed by atoms with Crippen molar-refractivity contribution < 1.29 is 0 Å². The first-order valence-electron chi connectivity index (χ1n) is 5.67. The number of rotatable bonds is 2. The molecule has 17 heavy (non-hydrogen) atoms. The summed E-state index contributed by atoms with van der Waals surface area (Å²) >= 11 is 2.01. The van der Waals surface area contributed by atoms with Gasteiger partial charge in [-0.2, -0.15) is 11.8 Å². The number of nitrogens with zero attached hydrogens (tertiary/aromatic N) is 2. The van der Waals surface area contributed by atoms with Gasteiger partial charge in [0.1, 0.15) is 11.5 Å². The van der Waals surface area contributed by atoms with Crippen LogP contribution in [0.15, 0.2) is 18.3 Å². The Kier molecular flexibility index (Phi) is 3.28. The summed E-state index contributed by atoms with van der Waals surface area (Å²) < 4.78 is 0.276. The normalized spacial score (nSPS) is 19.1. The molecule has 1 aliphatic heterocycles. The smallest absolute Gasteiger partial charge is 0.141 e. The topological polar surface area (TPSA) is 66.0 Å². The highest BCUT2D eigenvalue weighted by atomic mass is 32.2. The minimum Gasteiger partial charge on any atom is -0.382 e. The summed E-state index contributed by atoms with van der Waals surface area (Å²) in [5.74, 6) is 1.16. The number of nitrogen functional groups attached to an aromatic ring is 1. The lowest BCUT2D eigenvalue weighted by molar-refractivity contribution is 0.647. The van der Waals surface area contributed by atoms with Gasteiger partial charge in [-0.05, 0) is 26.0 Å². The van der Waals surface area contributed by atoms with Gasteiger partial charge < -0.3 is 10.6 Å². The van der Waals surface area contributed by atoms with Gasteiger partial charge in [-0.3, -0.25) is 10.4 Å². The van der Waals surface area contributed by atoms with Gasteiger partial charge in [0.15, 0.2) is 0 Å². The van der Waals surface area contributed by atoms with Crippen molar-refractivity contribution >= 4 is 23.3 Å². The minimum absolute atomic E-state index is 0.0255. The first-order valence-corrected chi connectivity index (χ1v) is 6.66. The van der Waals surface area contributed by atoms with E-state index in [1.807, 2.05) is 23.9 Å². The molecule has 0 radical (unpaired) electrons. The number of anilines is 1. The van der Waals surface area contributed by atoms with Gasteiger partial charge in [0.05, 0.1) is 0 Å². The number of hydrogen-bond acceptors (Lipinski definition) is 4. The molecule has 0 amide bonds. The molecule has 0 spiro atoms. The van der Waals surface area contributed by atoms with Crippen LogP contribution in [0.3, 0.4) is 0 Å². The fourth-order valence-corrected chi connectivity index (χ4v) is 3.11. The van der Waals surface area contributed by atoms with Crippen LogP contribution < -0.4 is 10.6 Å². The highest BCUT2D eigenvalue weighted by molar-refractivity contribution is 8.00. The largest absolute Gasteiger partial charge is 0.382 e. The van der Waals surface area contributed by atoms with E-state index in [-0.39, 0.29) is 10.6 Å². The van der Waals surface area contributed by atoms with Crippen LogP contribution in [-0.2, 0) is 0 Å². The standard InChI is InChI=1S/C12H18N4S/c1-12(2)8-16(5-6-17-12)9-3-4-15-10(7-9)11(13)14/h3-4,7H,5-6,8H2,1-2H3,(H3,13,14). The molecule has 4 nitrogen and oxygen atoms in total. The van der Waals surface area contributed by atoms with Crippen molar-refractivity contribution in [2.75, 3.05) is 23.7 Å². The van der Waals surface area contributed by atoms with Crippen LogP contribution in [0.5, 0.6) is 0 Å². The molecule has 0 aliphatic carbocycles. The van der Waals surface area contributed by atoms with E-state index in [1.165, 1.54) is 0 Å². The predicted octanol–water partition coefficient (Wildman–Crippen LogP) is 1.70. The van der Waals surface area contributed by atoms with Gasteiger partial charge in [0, 0.05) is 35.5 Å². The molecule has 2 rings (SSSR count). The Morgan fingerprint density at radius 2 is 2.35 bits per heavy atom. The number of aromatic nitrogens is 1. The van der Waals surface area contributed by atoms with Gasteiger partial charge in [-0.15, -0.1) is 0 Å². The molecule has 0 atom stereocenters. The number of pyridine rings is 1. The molecule has 0 unspecified atom stereocenters. The number of amidine groups is 1. The SMILES string of the molecule is CC1(C)CN(c2ccnc(C(=N)N)c2)CCS1. The Morgan fingerprint density at radius 1 is 1.59 bits per heavy atom. The molecule has 0 bridgehead atoms. The Labute approximate surface area is 106 Å². The molecule has 3 N–H and O–H groups in total. The molecule has 5 heteroatoms. The van der Waals surface area contributed by atoms with Gasteiger partial charge in [-0.1, -0.05) is 0 Å². The number of nitrogens with one attached hydrogen (secondary N) is 1. The average Bonchev–Trinajstić information content (AvgIpc) is 2.28. The van der Waals surface area contributed by atoms with Crippen molar-refractivity contribution in [1.29, 1.82) is 5.41 Å². The molecular weight excluding hydrogens is 232 g/mol. The van der Waals surface area contributed by atoms with Crippen molar-refractivity contribution in [2.45, 2.75) is 18.6 Å². The monoisotopic (exact) mass is 250 g/mol. The number of thioether (sulfide) groups is 1. The molecule has 1 saturated heterocycles. The van der Waals surface area contributed by atoms with Crippen molar-refractivity contribution in [1.82, 2.24) is 4.98 Å². The third-order valence-electron chi connectivity index (χ3n) is 2.81. The fraction of sp³-hybridized carbons (Fsp3) is 0.500. The summed E-state index contributed by atoms with van der Waals surface area (Å²) in [6, 6.07) is 3.88. The van der Waals surface area contributed by atoms with E-state index in [9.17, 15) is 0 Å². The maximum Gasteiger partial charge on any atom is 0.141 e. The second-order valence-electron chi connectivity index (χ2n) is 4.84. The van der Waals surface area contributed by atoms with Crippen LogP contribution in [0.2, 0.25) is 0 Å². The van der Waals surface area contributed by atoms with Gasteiger partial charge in [0.25, 0.3) is 0 Å². The maximum atomic E-state index is 7.42. The molecule has 92 valence electrons. The van der Waals surface area contributed by atoms with E-state index in [4.69, 9.17) is 11.1 Å². The van der Waals surface area contributed by atoms with E-state index >= 15 is 0 Å². The molecule has 0 saturated carbocycles. The maximum absolute atomic E-state index is 7.42. The number of hydrogen-bond donors (Lipinski definition) is 2. The van der Waals surface area contributed by atoms with E-state index in [1.54, 1.807) is 6.20 Å². The third-order valence-corrected chi connectivity index (χ3v) is 4.11. The molecule has 1 aromatic heterocycles. The second kappa shape index (κ2) is 4.56. The second-order valence-corrected chi connectivity index (χ2v) is 6.64. The van der Waals surface area contributed by atoms with Crippen LogP contribution in [-0.4, -0.2) is 34.4 Å². The van der Waals surface area contributed by atoms with E-state index in [2.05, 4.69) is 23.7 Å². The highest BCUT2D eigenvalue weighted by Gasteiger charge is 2.27. The van der Waals surface area contributed by atoms with Crippen LogP contribution in [0.25, 0.3) is 0 Å². The van der Waals surface area contributed by atoms with Crippen molar-refractivity contribution in [3.8, 4) is 0 Å². The Hall–Kier alpha value is -1.23. The molecule has 1 fully saturated rings. The Balaban J connectivity index is 2.22. The van der Waals surface area contributed by atoms with E-state index < -0.39 is 0 Å². The van der Waals surface area contributed by atoms with Gasteiger partial charge >= 0.3 is 0 Å². The van der Waals surface area contributed by atoms with E-state index in [0.29, 0.717) is 5.69 Å². The van der Waals surface area contributed by atoms with Crippen molar-refractivity contribution in [3.05, 3.63) is 24.0 Å². The van der Waals surface area contributed by atoms with Gasteiger partial charge in [-0.25, -0.2) is 0 Å². The molecule has 1 aliphatic rings. The first kappa shape index (κ1) is 12.2. The average molecular weight is 250 g/mol. The summed E-state index contributed by atoms with van der Waals surface area (Å²) in [6.07, 6.45) is 1.72. The third kappa shape index (κ3) is 2.91. The fourth-order valence-electron chi connectivity index (χ4n) is 2.00. The number of nitrogens with two attached hydrogens (primary N) is 1. The van der Waals surface area contributed by atoms with Crippen LogP contribution in [0, 0.1) is 5.41 Å². The molecular formula is C12H18N4S. The summed E-state index contributed by atoms with van der Waals surface area (Å²) in [5.41, 5.74) is 7.13.